The molecule has 4 heteroatoms. The highest BCUT2D eigenvalue weighted by Crippen LogP contribution is 2.03. The molecule has 0 saturated heterocycles. The van der Waals surface area contributed by atoms with Crippen molar-refractivity contribution in [3.63, 3.8) is 0 Å². The van der Waals surface area contributed by atoms with Crippen LogP contribution in [0.15, 0.2) is 48.8 Å². The molecule has 1 aromatic heterocycles. The summed E-state index contributed by atoms with van der Waals surface area (Å²) in [5.74, 6) is -0.389. The molecule has 0 spiro atoms. The fourth-order valence-corrected chi connectivity index (χ4v) is 1.56. The molecule has 0 fully saturated rings. The molecule has 2 aromatic rings. The second-order valence-corrected chi connectivity index (χ2v) is 3.89. The van der Waals surface area contributed by atoms with Gasteiger partial charge in [0.15, 0.2) is 5.78 Å². The van der Waals surface area contributed by atoms with Gasteiger partial charge in [0.05, 0.1) is 6.54 Å². The van der Waals surface area contributed by atoms with Crippen LogP contribution in [0.3, 0.4) is 0 Å². The quantitative estimate of drug-likeness (QED) is 0.820. The van der Waals surface area contributed by atoms with Gasteiger partial charge in [-0.3, -0.25) is 9.78 Å². The van der Waals surface area contributed by atoms with E-state index >= 15 is 0 Å². The third kappa shape index (κ3) is 3.46. The standard InChI is InChI=1S/C14H13FN2O/c15-13-3-1-12(2-4-13)14(18)10-17-9-11-5-7-16-8-6-11/h1-8,17H,9-10H2. The van der Waals surface area contributed by atoms with Crippen LogP contribution in [-0.2, 0) is 6.54 Å². The number of nitrogens with zero attached hydrogens (tertiary/aromatic N) is 1. The molecule has 1 N–H and O–H groups in total. The van der Waals surface area contributed by atoms with Crippen LogP contribution in [0.4, 0.5) is 4.39 Å². The zero-order chi connectivity index (χ0) is 12.8. The second-order valence-electron chi connectivity index (χ2n) is 3.89. The summed E-state index contributed by atoms with van der Waals surface area (Å²) in [7, 11) is 0. The lowest BCUT2D eigenvalue weighted by molar-refractivity contribution is 0.0991. The van der Waals surface area contributed by atoms with Crippen molar-refractivity contribution in [3.05, 3.63) is 65.7 Å². The van der Waals surface area contributed by atoms with Gasteiger partial charge in [0, 0.05) is 24.5 Å². The van der Waals surface area contributed by atoms with E-state index in [1.165, 1.54) is 24.3 Å². The van der Waals surface area contributed by atoms with E-state index in [4.69, 9.17) is 0 Å². The molecule has 92 valence electrons. The van der Waals surface area contributed by atoms with Gasteiger partial charge in [0.1, 0.15) is 5.82 Å². The highest BCUT2D eigenvalue weighted by atomic mass is 19.1. The van der Waals surface area contributed by atoms with Crippen LogP contribution in [0.2, 0.25) is 0 Å². The Hall–Kier alpha value is -2.07. The second kappa shape index (κ2) is 6.02. The lowest BCUT2D eigenvalue weighted by atomic mass is 10.1. The van der Waals surface area contributed by atoms with E-state index in [1.54, 1.807) is 12.4 Å². The van der Waals surface area contributed by atoms with E-state index in [0.29, 0.717) is 12.1 Å². The molecule has 0 radical (unpaired) electrons. The minimum absolute atomic E-state index is 0.0518. The van der Waals surface area contributed by atoms with Crippen LogP contribution < -0.4 is 5.32 Å². The number of nitrogens with one attached hydrogen (secondary N) is 1. The first-order chi connectivity index (χ1) is 8.75. The Morgan fingerprint density at radius 2 is 1.78 bits per heavy atom. The molecule has 0 bridgehead atoms. The number of carbonyl (C=O) groups excluding carboxylic acids is 1. The highest BCUT2D eigenvalue weighted by Gasteiger charge is 2.05. The van der Waals surface area contributed by atoms with Crippen molar-refractivity contribution >= 4 is 5.78 Å². The molecule has 2 rings (SSSR count). The first-order valence-electron chi connectivity index (χ1n) is 5.64. The van der Waals surface area contributed by atoms with E-state index in [2.05, 4.69) is 10.3 Å². The maximum Gasteiger partial charge on any atom is 0.176 e. The van der Waals surface area contributed by atoms with Gasteiger partial charge in [-0.1, -0.05) is 0 Å². The van der Waals surface area contributed by atoms with Gasteiger partial charge in [0.2, 0.25) is 0 Å². The van der Waals surface area contributed by atoms with E-state index in [1.807, 2.05) is 12.1 Å². The van der Waals surface area contributed by atoms with Gasteiger partial charge < -0.3 is 5.32 Å². The Morgan fingerprint density at radius 1 is 1.11 bits per heavy atom. The van der Waals surface area contributed by atoms with Crippen molar-refractivity contribution in [3.8, 4) is 0 Å². The van der Waals surface area contributed by atoms with Crippen molar-refractivity contribution < 1.29 is 9.18 Å². The molecular formula is C14H13FN2O. The van der Waals surface area contributed by atoms with Crippen LogP contribution in [0.5, 0.6) is 0 Å². The molecule has 18 heavy (non-hydrogen) atoms. The van der Waals surface area contributed by atoms with Gasteiger partial charge in [-0.05, 0) is 42.0 Å². The number of ketones is 1. The molecule has 0 amide bonds. The maximum atomic E-state index is 12.7. The molecule has 0 aliphatic rings. The van der Waals surface area contributed by atoms with E-state index in [0.717, 1.165) is 5.56 Å². The highest BCUT2D eigenvalue weighted by molar-refractivity contribution is 5.97. The number of pyridine rings is 1. The van der Waals surface area contributed by atoms with Gasteiger partial charge in [-0.25, -0.2) is 4.39 Å². The Morgan fingerprint density at radius 3 is 2.44 bits per heavy atom. The molecular weight excluding hydrogens is 231 g/mol. The monoisotopic (exact) mass is 244 g/mol. The maximum absolute atomic E-state index is 12.7. The Balaban J connectivity index is 1.84. The van der Waals surface area contributed by atoms with Gasteiger partial charge in [-0.15, -0.1) is 0 Å². The average molecular weight is 244 g/mol. The summed E-state index contributed by atoms with van der Waals surface area (Å²) in [6, 6.07) is 9.33. The number of carbonyl (C=O) groups is 1. The first kappa shape index (κ1) is 12.4. The molecule has 3 nitrogen and oxygen atoms in total. The zero-order valence-electron chi connectivity index (χ0n) is 9.77. The smallest absolute Gasteiger partial charge is 0.176 e. The Bertz CT molecular complexity index is 511. The van der Waals surface area contributed by atoms with Crippen LogP contribution in [0.1, 0.15) is 15.9 Å². The number of hydrogen-bond acceptors (Lipinski definition) is 3. The summed E-state index contributed by atoms with van der Waals surface area (Å²) in [5, 5.41) is 3.04. The molecule has 0 atom stereocenters. The van der Waals surface area contributed by atoms with E-state index < -0.39 is 0 Å². The van der Waals surface area contributed by atoms with Gasteiger partial charge in [0.25, 0.3) is 0 Å². The fourth-order valence-electron chi connectivity index (χ4n) is 1.56. The van der Waals surface area contributed by atoms with Gasteiger partial charge >= 0.3 is 0 Å². The third-order valence-corrected chi connectivity index (χ3v) is 2.53. The first-order valence-corrected chi connectivity index (χ1v) is 5.64. The molecule has 0 aliphatic heterocycles. The number of aromatic nitrogens is 1. The lowest BCUT2D eigenvalue weighted by Gasteiger charge is -2.04. The summed E-state index contributed by atoms with van der Waals surface area (Å²) in [4.78, 5) is 15.7. The SMILES string of the molecule is O=C(CNCc1ccncc1)c1ccc(F)cc1. The lowest BCUT2D eigenvalue weighted by Crippen LogP contribution is -2.22. The van der Waals surface area contributed by atoms with Crippen molar-refractivity contribution in [2.45, 2.75) is 6.54 Å². The zero-order valence-corrected chi connectivity index (χ0v) is 9.77. The minimum atomic E-state index is -0.337. The summed E-state index contributed by atoms with van der Waals surface area (Å²) < 4.78 is 12.7. The molecule has 1 heterocycles. The van der Waals surface area contributed by atoms with Crippen molar-refractivity contribution in [2.24, 2.45) is 0 Å². The summed E-state index contributed by atoms with van der Waals surface area (Å²) in [6.45, 7) is 0.837. The fraction of sp³-hybridized carbons (Fsp3) is 0.143. The summed E-state index contributed by atoms with van der Waals surface area (Å²) in [5.41, 5.74) is 1.58. The van der Waals surface area contributed by atoms with Crippen molar-refractivity contribution in [1.82, 2.24) is 10.3 Å². The van der Waals surface area contributed by atoms with E-state index in [9.17, 15) is 9.18 Å². The number of hydrogen-bond donors (Lipinski definition) is 1. The van der Waals surface area contributed by atoms with E-state index in [-0.39, 0.29) is 18.1 Å². The number of halogens is 1. The predicted molar refractivity (Wildman–Crippen MR) is 66.7 cm³/mol. The molecule has 0 saturated carbocycles. The van der Waals surface area contributed by atoms with Gasteiger partial charge in [-0.2, -0.15) is 0 Å². The summed E-state index contributed by atoms with van der Waals surface area (Å²) >= 11 is 0. The third-order valence-electron chi connectivity index (χ3n) is 2.53. The van der Waals surface area contributed by atoms with Crippen LogP contribution >= 0.6 is 0 Å². The normalized spacial score (nSPS) is 10.3. The number of Topliss-reactive ketones (excluding diaryl/α,β-unsaturated/α-hetero) is 1. The molecule has 0 unspecified atom stereocenters. The van der Waals surface area contributed by atoms with Crippen LogP contribution in [0, 0.1) is 5.82 Å². The predicted octanol–water partition coefficient (Wildman–Crippen LogP) is 2.19. The Labute approximate surface area is 105 Å². The van der Waals surface area contributed by atoms with Crippen LogP contribution in [-0.4, -0.2) is 17.3 Å². The van der Waals surface area contributed by atoms with Crippen LogP contribution in [0.25, 0.3) is 0 Å². The number of rotatable bonds is 5. The van der Waals surface area contributed by atoms with Crippen molar-refractivity contribution in [2.75, 3.05) is 6.54 Å². The van der Waals surface area contributed by atoms with Crippen molar-refractivity contribution in [1.29, 1.82) is 0 Å². The topological polar surface area (TPSA) is 42.0 Å². The molecule has 0 aliphatic carbocycles. The summed E-state index contributed by atoms with van der Waals surface area (Å²) in [6.07, 6.45) is 3.41. The average Bonchev–Trinajstić information content (AvgIpc) is 2.40. The number of benzene rings is 1. The minimum Gasteiger partial charge on any atom is -0.306 e. The largest absolute Gasteiger partial charge is 0.306 e. The Kier molecular flexibility index (Phi) is 4.15. The molecule has 1 aromatic carbocycles.